The molecule has 0 spiro atoms. The molecule has 0 aliphatic rings. The van der Waals surface area contributed by atoms with Gasteiger partial charge in [-0.2, -0.15) is 18.3 Å². The second kappa shape index (κ2) is 12.9. The lowest BCUT2D eigenvalue weighted by Gasteiger charge is -2.06. The van der Waals surface area contributed by atoms with E-state index in [0.29, 0.717) is 12.0 Å². The third kappa shape index (κ3) is 7.52. The van der Waals surface area contributed by atoms with Crippen LogP contribution in [0.15, 0.2) is 24.8 Å². The van der Waals surface area contributed by atoms with Crippen LogP contribution in [0.4, 0.5) is 0 Å². The lowest BCUT2D eigenvalue weighted by molar-refractivity contribution is -0.700. The molecule has 0 saturated carbocycles. The van der Waals surface area contributed by atoms with E-state index < -0.39 is 11.9 Å². The summed E-state index contributed by atoms with van der Waals surface area (Å²) in [4.78, 5) is 24.8. The Bertz CT molecular complexity index is 815. The van der Waals surface area contributed by atoms with Crippen LogP contribution in [0.1, 0.15) is 72.1 Å². The number of esters is 2. The predicted molar refractivity (Wildman–Crippen MR) is 115 cm³/mol. The zero-order chi connectivity index (χ0) is 22.6. The number of imidazole rings is 2. The number of ether oxygens (including phenoxy) is 2. The first-order valence-electron chi connectivity index (χ1n) is 11.5. The fourth-order valence-corrected chi connectivity index (χ4v) is 3.22. The van der Waals surface area contributed by atoms with Crippen molar-refractivity contribution >= 4 is 11.9 Å². The molecule has 8 nitrogen and oxygen atoms in total. The average molecular weight is 435 g/mol. The van der Waals surface area contributed by atoms with Crippen LogP contribution in [0, 0.1) is 0 Å². The van der Waals surface area contributed by atoms with Gasteiger partial charge in [0.25, 0.3) is 0 Å². The number of hydrogen-bond donors (Lipinski definition) is 0. The first-order valence-corrected chi connectivity index (χ1v) is 11.5. The molecule has 172 valence electrons. The second-order valence-corrected chi connectivity index (χ2v) is 7.86. The van der Waals surface area contributed by atoms with E-state index in [0.717, 1.165) is 58.2 Å². The van der Waals surface area contributed by atoms with Crippen LogP contribution >= 0.6 is 0 Å². The maximum atomic E-state index is 12.5. The number of unbranched alkanes of at least 4 members (excludes halogenated alkanes) is 3. The quantitative estimate of drug-likeness (QED) is 0.338. The Hall–Kier alpha value is -2.64. The van der Waals surface area contributed by atoms with Crippen LogP contribution < -0.4 is 18.6 Å². The summed E-state index contributed by atoms with van der Waals surface area (Å²) in [6.07, 6.45) is 13.8. The number of carbonyl (C=O) groups is 2. The Balaban J connectivity index is 1.94. The number of hydrogen-bond acceptors (Lipinski definition) is 4. The largest absolute Gasteiger partial charge is 0.463 e. The van der Waals surface area contributed by atoms with Crippen LogP contribution in [-0.2, 0) is 36.3 Å². The molecular weight excluding hydrogens is 396 g/mol. The number of carbonyl (C=O) groups excluding carboxylic acids is 2. The highest BCUT2D eigenvalue weighted by atomic mass is 16.6. The lowest BCUT2D eigenvalue weighted by atomic mass is 10.3. The van der Waals surface area contributed by atoms with E-state index >= 15 is 0 Å². The maximum Gasteiger partial charge on any atom is 0.463 e. The second-order valence-electron chi connectivity index (χ2n) is 7.86. The molecule has 0 amide bonds. The van der Waals surface area contributed by atoms with E-state index in [1.165, 1.54) is 0 Å². The van der Waals surface area contributed by atoms with Gasteiger partial charge in [-0.05, 0) is 19.3 Å². The van der Waals surface area contributed by atoms with Crippen LogP contribution in [0.25, 0.3) is 0 Å². The fraction of sp³-hybridized carbons (Fsp3) is 0.652. The van der Waals surface area contributed by atoms with E-state index in [2.05, 4.69) is 20.8 Å². The third-order valence-corrected chi connectivity index (χ3v) is 5.14. The van der Waals surface area contributed by atoms with Crippen molar-refractivity contribution < 1.29 is 28.2 Å². The molecule has 0 radical (unpaired) electrons. The highest BCUT2D eigenvalue weighted by Crippen LogP contribution is 2.12. The standard InChI is InChI=1S/C23H38N4O4/c1-5-8-13-25-17-16-24(4)22(25)30-20(28)11-12-21(29)31-23-26(14-9-6-2)18-19-27(23)15-10-7-3/h16-19H,5-15H2,1-4H3/q+2. The molecule has 0 aliphatic carbocycles. The van der Waals surface area contributed by atoms with E-state index in [9.17, 15) is 9.59 Å². The Kier molecular flexibility index (Phi) is 10.3. The van der Waals surface area contributed by atoms with Gasteiger partial charge in [0.15, 0.2) is 0 Å². The summed E-state index contributed by atoms with van der Waals surface area (Å²) in [6.45, 7) is 8.76. The normalized spacial score (nSPS) is 11.0. The molecule has 31 heavy (non-hydrogen) atoms. The molecule has 2 aromatic heterocycles. The molecule has 0 fully saturated rings. The third-order valence-electron chi connectivity index (χ3n) is 5.14. The van der Waals surface area contributed by atoms with Gasteiger partial charge < -0.3 is 9.47 Å². The van der Waals surface area contributed by atoms with Crippen molar-refractivity contribution in [2.24, 2.45) is 7.05 Å². The van der Waals surface area contributed by atoms with Gasteiger partial charge >= 0.3 is 24.0 Å². The van der Waals surface area contributed by atoms with Crippen LogP contribution in [-0.4, -0.2) is 21.1 Å². The monoisotopic (exact) mass is 434 g/mol. The lowest BCUT2D eigenvalue weighted by Crippen LogP contribution is -2.36. The highest BCUT2D eigenvalue weighted by molar-refractivity contribution is 5.79. The topological polar surface area (TPSA) is 70.2 Å². The minimum atomic E-state index is -0.441. The van der Waals surface area contributed by atoms with Gasteiger partial charge in [-0.1, -0.05) is 40.0 Å². The first-order chi connectivity index (χ1) is 15.0. The zero-order valence-electron chi connectivity index (χ0n) is 19.5. The van der Waals surface area contributed by atoms with Crippen molar-refractivity contribution in [3.05, 3.63) is 24.8 Å². The van der Waals surface area contributed by atoms with Gasteiger partial charge in [-0.25, -0.2) is 0 Å². The summed E-state index contributed by atoms with van der Waals surface area (Å²) in [5.41, 5.74) is 0. The molecule has 8 heteroatoms. The molecule has 2 heterocycles. The summed E-state index contributed by atoms with van der Waals surface area (Å²) in [6, 6.07) is 1.03. The molecule has 0 N–H and O–H groups in total. The smallest absolute Gasteiger partial charge is 0.357 e. The summed E-state index contributed by atoms with van der Waals surface area (Å²) < 4.78 is 18.8. The fourth-order valence-electron chi connectivity index (χ4n) is 3.22. The zero-order valence-corrected chi connectivity index (χ0v) is 19.5. The van der Waals surface area contributed by atoms with Gasteiger partial charge in [0, 0.05) is 0 Å². The van der Waals surface area contributed by atoms with Gasteiger partial charge in [-0.3, -0.25) is 9.59 Å². The van der Waals surface area contributed by atoms with Crippen molar-refractivity contribution in [1.29, 1.82) is 0 Å². The minimum Gasteiger partial charge on any atom is -0.357 e. The molecule has 2 rings (SSSR count). The van der Waals surface area contributed by atoms with Gasteiger partial charge in [-0.15, -0.1) is 0 Å². The van der Waals surface area contributed by atoms with E-state index in [-0.39, 0.29) is 12.8 Å². The molecule has 0 aromatic carbocycles. The predicted octanol–water partition coefficient (Wildman–Crippen LogP) is 3.09. The van der Waals surface area contributed by atoms with Gasteiger partial charge in [0.05, 0.1) is 39.5 Å². The molecule has 0 unspecified atom stereocenters. The summed E-state index contributed by atoms with van der Waals surface area (Å²) in [5, 5.41) is 0. The molecule has 0 aliphatic heterocycles. The van der Waals surface area contributed by atoms with Crippen molar-refractivity contribution in [2.75, 3.05) is 0 Å². The van der Waals surface area contributed by atoms with Gasteiger partial charge in [0.1, 0.15) is 24.8 Å². The van der Waals surface area contributed by atoms with Crippen LogP contribution in [0.5, 0.6) is 12.0 Å². The average Bonchev–Trinajstić information content (AvgIpc) is 3.30. The van der Waals surface area contributed by atoms with Crippen LogP contribution in [0.3, 0.4) is 0 Å². The van der Waals surface area contributed by atoms with E-state index in [1.807, 2.05) is 45.5 Å². The van der Waals surface area contributed by atoms with Crippen molar-refractivity contribution in [1.82, 2.24) is 9.13 Å². The summed E-state index contributed by atoms with van der Waals surface area (Å²) in [7, 11) is 1.83. The number of rotatable bonds is 14. The number of aromatic nitrogens is 4. The van der Waals surface area contributed by atoms with Crippen molar-refractivity contribution in [3.63, 3.8) is 0 Å². The molecule has 0 bridgehead atoms. The van der Waals surface area contributed by atoms with E-state index in [4.69, 9.17) is 9.47 Å². The Morgan fingerprint density at radius 2 is 1.32 bits per heavy atom. The molecule has 0 saturated heterocycles. The molecule has 2 aromatic rings. The summed E-state index contributed by atoms with van der Waals surface area (Å²) >= 11 is 0. The number of nitrogens with zero attached hydrogens (tertiary/aromatic N) is 4. The van der Waals surface area contributed by atoms with Crippen molar-refractivity contribution in [3.8, 4) is 12.0 Å². The molecule has 0 atom stereocenters. The number of aryl methyl sites for hydroxylation is 4. The van der Waals surface area contributed by atoms with Crippen molar-refractivity contribution in [2.45, 2.75) is 91.8 Å². The van der Waals surface area contributed by atoms with Crippen LogP contribution in [0.2, 0.25) is 0 Å². The molecular formula is C23H38N4O4+2. The first kappa shape index (κ1) is 24.6. The van der Waals surface area contributed by atoms with Gasteiger partial charge in [0.2, 0.25) is 0 Å². The highest BCUT2D eigenvalue weighted by Gasteiger charge is 2.24. The van der Waals surface area contributed by atoms with E-state index in [1.54, 1.807) is 4.57 Å². The maximum absolute atomic E-state index is 12.5. The Morgan fingerprint density at radius 1 is 0.806 bits per heavy atom. The SMILES string of the molecule is CCCCn1cc[n+](C)c1OC(=O)CCC(=O)Oc1n(CCCC)cc[n+]1CCCC. The minimum absolute atomic E-state index is 0.0229. The Morgan fingerprint density at radius 3 is 1.90 bits per heavy atom. The Labute approximate surface area is 185 Å². The summed E-state index contributed by atoms with van der Waals surface area (Å²) in [5.74, 6) is -0.867.